The number of halogens is 1. The van der Waals surface area contributed by atoms with Crippen LogP contribution < -0.4 is 10.0 Å². The Balaban J connectivity index is 2.06. The highest BCUT2D eigenvalue weighted by atomic mass is 35.5. The van der Waals surface area contributed by atoms with E-state index in [-0.39, 0.29) is 5.91 Å². The smallest absolute Gasteiger partial charge is 0.255 e. The van der Waals surface area contributed by atoms with Crippen molar-refractivity contribution in [2.45, 2.75) is 0 Å². The Morgan fingerprint density at radius 3 is 2.00 bits per heavy atom. The standard InChI is InChI=1S/C14H13ClN2O3S/c1-21(19,20)17-13-8-6-12(7-9-13)16-14(18)10-2-4-11(15)5-3-10/h2-9,17H,1H3,(H,16,18). The first kappa shape index (κ1) is 15.3. The van der Waals surface area contributed by atoms with E-state index in [1.807, 2.05) is 0 Å². The van der Waals surface area contributed by atoms with E-state index >= 15 is 0 Å². The normalized spacial score (nSPS) is 11.0. The molecule has 2 aromatic carbocycles. The molecule has 0 saturated carbocycles. The fourth-order valence-corrected chi connectivity index (χ4v) is 2.33. The maximum absolute atomic E-state index is 12.0. The van der Waals surface area contributed by atoms with E-state index in [4.69, 9.17) is 11.6 Å². The molecule has 0 spiro atoms. The van der Waals surface area contributed by atoms with E-state index in [1.165, 1.54) is 0 Å². The number of rotatable bonds is 4. The summed E-state index contributed by atoms with van der Waals surface area (Å²) in [7, 11) is -3.31. The van der Waals surface area contributed by atoms with Gasteiger partial charge in [0.05, 0.1) is 6.26 Å². The largest absolute Gasteiger partial charge is 0.322 e. The maximum atomic E-state index is 12.0. The Kier molecular flexibility index (Phi) is 4.50. The molecule has 7 heteroatoms. The molecule has 0 fully saturated rings. The maximum Gasteiger partial charge on any atom is 0.255 e. The highest BCUT2D eigenvalue weighted by molar-refractivity contribution is 7.92. The first-order valence-corrected chi connectivity index (χ1v) is 8.25. The van der Waals surface area contributed by atoms with Gasteiger partial charge in [-0.25, -0.2) is 8.42 Å². The molecule has 0 aliphatic rings. The molecule has 0 saturated heterocycles. The number of sulfonamides is 1. The van der Waals surface area contributed by atoms with Gasteiger partial charge in [0.15, 0.2) is 0 Å². The molecule has 0 heterocycles. The summed E-state index contributed by atoms with van der Waals surface area (Å²) in [6, 6.07) is 12.9. The van der Waals surface area contributed by atoms with Crippen molar-refractivity contribution >= 4 is 38.9 Å². The Labute approximate surface area is 128 Å². The summed E-state index contributed by atoms with van der Waals surface area (Å²) >= 11 is 5.76. The zero-order valence-corrected chi connectivity index (χ0v) is 12.7. The second kappa shape index (κ2) is 6.15. The Hall–Kier alpha value is -2.05. The lowest BCUT2D eigenvalue weighted by Crippen LogP contribution is -2.12. The number of amides is 1. The molecular formula is C14H13ClN2O3S. The van der Waals surface area contributed by atoms with Crippen LogP contribution in [0.25, 0.3) is 0 Å². The van der Waals surface area contributed by atoms with Gasteiger partial charge in [0, 0.05) is 22.0 Å². The van der Waals surface area contributed by atoms with Crippen LogP contribution >= 0.6 is 11.6 Å². The van der Waals surface area contributed by atoms with Crippen molar-refractivity contribution in [2.75, 3.05) is 16.3 Å². The third-order valence-corrected chi connectivity index (χ3v) is 3.41. The number of nitrogens with one attached hydrogen (secondary N) is 2. The third kappa shape index (κ3) is 4.77. The van der Waals surface area contributed by atoms with Gasteiger partial charge in [-0.05, 0) is 48.5 Å². The number of benzene rings is 2. The average Bonchev–Trinajstić information content (AvgIpc) is 2.40. The zero-order chi connectivity index (χ0) is 15.5. The average molecular weight is 325 g/mol. The van der Waals surface area contributed by atoms with Crippen LogP contribution in [0.4, 0.5) is 11.4 Å². The molecule has 0 bridgehead atoms. The van der Waals surface area contributed by atoms with Crippen LogP contribution in [0, 0.1) is 0 Å². The molecule has 2 N–H and O–H groups in total. The fraction of sp³-hybridized carbons (Fsp3) is 0.0714. The molecule has 0 atom stereocenters. The van der Waals surface area contributed by atoms with Gasteiger partial charge >= 0.3 is 0 Å². The highest BCUT2D eigenvalue weighted by Gasteiger charge is 2.06. The lowest BCUT2D eigenvalue weighted by molar-refractivity contribution is 0.102. The first-order valence-electron chi connectivity index (χ1n) is 5.98. The van der Waals surface area contributed by atoms with Gasteiger partial charge in [0.25, 0.3) is 5.91 Å². The van der Waals surface area contributed by atoms with Gasteiger partial charge in [-0.15, -0.1) is 0 Å². The van der Waals surface area contributed by atoms with Crippen LogP contribution in [0.1, 0.15) is 10.4 Å². The molecule has 5 nitrogen and oxygen atoms in total. The Bertz CT molecular complexity index is 741. The molecular weight excluding hydrogens is 312 g/mol. The first-order chi connectivity index (χ1) is 9.83. The van der Waals surface area contributed by atoms with Crippen molar-refractivity contribution < 1.29 is 13.2 Å². The molecule has 2 rings (SSSR count). The molecule has 0 aliphatic heterocycles. The van der Waals surface area contributed by atoms with Crippen LogP contribution in [0.15, 0.2) is 48.5 Å². The van der Waals surface area contributed by atoms with Crippen LogP contribution in [-0.4, -0.2) is 20.6 Å². The van der Waals surface area contributed by atoms with Gasteiger partial charge in [-0.1, -0.05) is 11.6 Å². The fourth-order valence-electron chi connectivity index (χ4n) is 1.64. The summed E-state index contributed by atoms with van der Waals surface area (Å²) in [6.45, 7) is 0. The molecule has 2 aromatic rings. The van der Waals surface area contributed by atoms with Crippen molar-refractivity contribution in [3.63, 3.8) is 0 Å². The topological polar surface area (TPSA) is 75.3 Å². The van der Waals surface area contributed by atoms with Gasteiger partial charge in [-0.3, -0.25) is 9.52 Å². The Morgan fingerprint density at radius 2 is 1.48 bits per heavy atom. The molecule has 0 unspecified atom stereocenters. The number of carbonyl (C=O) groups is 1. The number of hydrogen-bond donors (Lipinski definition) is 2. The van der Waals surface area contributed by atoms with Gasteiger partial charge in [-0.2, -0.15) is 0 Å². The van der Waals surface area contributed by atoms with Crippen molar-refractivity contribution in [3.8, 4) is 0 Å². The van der Waals surface area contributed by atoms with Gasteiger partial charge < -0.3 is 5.32 Å². The van der Waals surface area contributed by atoms with Crippen molar-refractivity contribution in [1.29, 1.82) is 0 Å². The van der Waals surface area contributed by atoms with Crippen LogP contribution in [0.3, 0.4) is 0 Å². The minimum Gasteiger partial charge on any atom is -0.322 e. The molecule has 1 amide bonds. The van der Waals surface area contributed by atoms with E-state index < -0.39 is 10.0 Å². The summed E-state index contributed by atoms with van der Waals surface area (Å²) in [5, 5.41) is 3.27. The van der Waals surface area contributed by atoms with Crippen molar-refractivity contribution in [1.82, 2.24) is 0 Å². The predicted molar refractivity (Wildman–Crippen MR) is 84.3 cm³/mol. The number of anilines is 2. The summed E-state index contributed by atoms with van der Waals surface area (Å²) in [6.07, 6.45) is 1.07. The van der Waals surface area contributed by atoms with E-state index in [1.54, 1.807) is 48.5 Å². The van der Waals surface area contributed by atoms with Crippen LogP contribution in [-0.2, 0) is 10.0 Å². The number of carbonyl (C=O) groups excluding carboxylic acids is 1. The zero-order valence-electron chi connectivity index (χ0n) is 11.1. The summed E-state index contributed by atoms with van der Waals surface area (Å²) in [5.41, 5.74) is 1.48. The minimum absolute atomic E-state index is 0.268. The van der Waals surface area contributed by atoms with Gasteiger partial charge in [0.1, 0.15) is 0 Å². The summed E-state index contributed by atoms with van der Waals surface area (Å²) in [4.78, 5) is 12.0. The summed E-state index contributed by atoms with van der Waals surface area (Å²) in [5.74, 6) is -0.268. The molecule has 0 radical (unpaired) electrons. The van der Waals surface area contributed by atoms with Gasteiger partial charge in [0.2, 0.25) is 10.0 Å². The van der Waals surface area contributed by atoms with Crippen LogP contribution in [0.5, 0.6) is 0 Å². The summed E-state index contributed by atoms with van der Waals surface area (Å²) < 4.78 is 24.5. The van der Waals surface area contributed by atoms with E-state index in [9.17, 15) is 13.2 Å². The minimum atomic E-state index is -3.31. The van der Waals surface area contributed by atoms with Crippen LogP contribution in [0.2, 0.25) is 5.02 Å². The third-order valence-electron chi connectivity index (χ3n) is 2.55. The second-order valence-corrected chi connectivity index (χ2v) is 6.60. The highest BCUT2D eigenvalue weighted by Crippen LogP contribution is 2.16. The molecule has 0 aliphatic carbocycles. The van der Waals surface area contributed by atoms with Crippen molar-refractivity contribution in [2.24, 2.45) is 0 Å². The number of hydrogen-bond acceptors (Lipinski definition) is 3. The molecule has 110 valence electrons. The van der Waals surface area contributed by atoms with E-state index in [0.717, 1.165) is 6.26 Å². The Morgan fingerprint density at radius 1 is 0.952 bits per heavy atom. The quantitative estimate of drug-likeness (QED) is 0.908. The monoisotopic (exact) mass is 324 g/mol. The lowest BCUT2D eigenvalue weighted by Gasteiger charge is -2.07. The molecule has 21 heavy (non-hydrogen) atoms. The molecule has 0 aromatic heterocycles. The predicted octanol–water partition coefficient (Wildman–Crippen LogP) is 2.96. The lowest BCUT2D eigenvalue weighted by atomic mass is 10.2. The second-order valence-electron chi connectivity index (χ2n) is 4.41. The van der Waals surface area contributed by atoms with E-state index in [2.05, 4.69) is 10.0 Å². The van der Waals surface area contributed by atoms with E-state index in [0.29, 0.717) is 22.0 Å². The van der Waals surface area contributed by atoms with Crippen molar-refractivity contribution in [3.05, 3.63) is 59.1 Å². The SMILES string of the molecule is CS(=O)(=O)Nc1ccc(NC(=O)c2ccc(Cl)cc2)cc1.